The summed E-state index contributed by atoms with van der Waals surface area (Å²) in [4.78, 5) is 0. The minimum absolute atomic E-state index is 0.411. The van der Waals surface area contributed by atoms with Crippen molar-refractivity contribution in [3.8, 4) is 0 Å². The lowest BCUT2D eigenvalue weighted by Crippen LogP contribution is -2.14. The molecule has 0 aliphatic rings. The highest BCUT2D eigenvalue weighted by Crippen LogP contribution is 2.12. The van der Waals surface area contributed by atoms with Crippen LogP contribution in [-0.2, 0) is 19.9 Å². The maximum Gasteiger partial charge on any atom is 0.0650 e. The summed E-state index contributed by atoms with van der Waals surface area (Å²) in [6, 6.07) is 9.47. The van der Waals surface area contributed by atoms with Crippen LogP contribution in [0, 0.1) is 0 Å². The van der Waals surface area contributed by atoms with Crippen LogP contribution in [0.4, 0.5) is 0 Å². The van der Waals surface area contributed by atoms with Gasteiger partial charge >= 0.3 is 0 Å². The van der Waals surface area contributed by atoms with Crippen molar-refractivity contribution in [3.05, 3.63) is 52.8 Å². The second kappa shape index (κ2) is 5.34. The van der Waals surface area contributed by atoms with E-state index in [1.807, 2.05) is 43.6 Å². The van der Waals surface area contributed by atoms with Crippen molar-refractivity contribution in [2.45, 2.75) is 18.9 Å². The highest BCUT2D eigenvalue weighted by molar-refractivity contribution is 6.30. The molecular weight excluding hydrogens is 236 g/mol. The number of aliphatic hydroxyl groups excluding tert-OH is 1. The number of aryl methyl sites for hydroxylation is 1. The zero-order valence-electron chi connectivity index (χ0n) is 9.68. The zero-order valence-corrected chi connectivity index (χ0v) is 10.4. The molecule has 90 valence electrons. The number of nitrogens with zero attached hydrogens (tertiary/aromatic N) is 2. The van der Waals surface area contributed by atoms with E-state index in [9.17, 15) is 5.11 Å². The van der Waals surface area contributed by atoms with Crippen LogP contribution in [-0.4, -0.2) is 21.0 Å². The second-order valence-electron chi connectivity index (χ2n) is 4.17. The van der Waals surface area contributed by atoms with E-state index in [0.717, 1.165) is 11.3 Å². The van der Waals surface area contributed by atoms with Crippen molar-refractivity contribution in [1.82, 2.24) is 9.78 Å². The Balaban J connectivity index is 1.93. The summed E-state index contributed by atoms with van der Waals surface area (Å²) >= 11 is 5.81. The number of rotatable bonds is 4. The van der Waals surface area contributed by atoms with E-state index in [1.54, 1.807) is 4.68 Å². The summed E-state index contributed by atoms with van der Waals surface area (Å²) in [5, 5.41) is 14.9. The molecule has 0 saturated heterocycles. The third-order valence-electron chi connectivity index (χ3n) is 2.60. The highest BCUT2D eigenvalue weighted by atomic mass is 35.5. The van der Waals surface area contributed by atoms with Crippen LogP contribution in [0.3, 0.4) is 0 Å². The Bertz CT molecular complexity index is 478. The minimum Gasteiger partial charge on any atom is -0.392 e. The van der Waals surface area contributed by atoms with Crippen LogP contribution in [0.25, 0.3) is 0 Å². The van der Waals surface area contributed by atoms with Gasteiger partial charge in [-0.05, 0) is 30.2 Å². The second-order valence-corrected chi connectivity index (χ2v) is 4.61. The average molecular weight is 251 g/mol. The van der Waals surface area contributed by atoms with Gasteiger partial charge in [-0.1, -0.05) is 23.7 Å². The average Bonchev–Trinajstić information content (AvgIpc) is 2.67. The number of aliphatic hydroxyl groups is 1. The fraction of sp³-hybridized carbons (Fsp3) is 0.308. The molecule has 2 rings (SSSR count). The van der Waals surface area contributed by atoms with Gasteiger partial charge in [0.25, 0.3) is 0 Å². The summed E-state index contributed by atoms with van der Waals surface area (Å²) in [5.74, 6) is 0. The Morgan fingerprint density at radius 2 is 1.94 bits per heavy atom. The molecule has 0 fully saturated rings. The van der Waals surface area contributed by atoms with Crippen molar-refractivity contribution < 1.29 is 5.11 Å². The van der Waals surface area contributed by atoms with Crippen LogP contribution in [0.2, 0.25) is 5.02 Å². The summed E-state index contributed by atoms with van der Waals surface area (Å²) in [7, 11) is 1.87. The lowest BCUT2D eigenvalue weighted by atomic mass is 10.0. The van der Waals surface area contributed by atoms with Gasteiger partial charge in [0.05, 0.1) is 11.8 Å². The molecule has 2 aromatic rings. The molecule has 0 radical (unpaired) electrons. The fourth-order valence-corrected chi connectivity index (χ4v) is 1.90. The zero-order chi connectivity index (χ0) is 12.3. The fourth-order valence-electron chi connectivity index (χ4n) is 1.78. The van der Waals surface area contributed by atoms with Crippen LogP contribution < -0.4 is 0 Å². The number of benzene rings is 1. The first kappa shape index (κ1) is 12.1. The Morgan fingerprint density at radius 1 is 1.24 bits per heavy atom. The van der Waals surface area contributed by atoms with Crippen LogP contribution >= 0.6 is 11.6 Å². The molecule has 1 aromatic carbocycles. The molecule has 0 saturated carbocycles. The van der Waals surface area contributed by atoms with Gasteiger partial charge in [-0.3, -0.25) is 4.68 Å². The third kappa shape index (κ3) is 3.58. The number of aromatic nitrogens is 2. The SMILES string of the molecule is Cn1ccc(CC(O)Cc2ccc(Cl)cc2)n1. The Morgan fingerprint density at radius 3 is 2.53 bits per heavy atom. The molecule has 1 atom stereocenters. The molecule has 3 nitrogen and oxygen atoms in total. The van der Waals surface area contributed by atoms with E-state index in [0.29, 0.717) is 17.9 Å². The van der Waals surface area contributed by atoms with Gasteiger partial charge in [0, 0.05) is 24.7 Å². The first-order valence-electron chi connectivity index (χ1n) is 5.54. The molecule has 1 unspecified atom stereocenters. The van der Waals surface area contributed by atoms with E-state index in [4.69, 9.17) is 11.6 Å². The van der Waals surface area contributed by atoms with E-state index in [2.05, 4.69) is 5.10 Å². The van der Waals surface area contributed by atoms with Gasteiger partial charge in [-0.2, -0.15) is 5.10 Å². The highest BCUT2D eigenvalue weighted by Gasteiger charge is 2.08. The van der Waals surface area contributed by atoms with Crippen LogP contribution in [0.15, 0.2) is 36.5 Å². The molecule has 0 bridgehead atoms. The molecular formula is C13H15ClN2O. The minimum atomic E-state index is -0.411. The quantitative estimate of drug-likeness (QED) is 0.904. The normalized spacial score (nSPS) is 12.6. The summed E-state index contributed by atoms with van der Waals surface area (Å²) < 4.78 is 1.74. The van der Waals surface area contributed by atoms with Crippen molar-refractivity contribution in [2.24, 2.45) is 7.05 Å². The molecule has 0 aliphatic carbocycles. The van der Waals surface area contributed by atoms with Gasteiger partial charge in [0.2, 0.25) is 0 Å². The van der Waals surface area contributed by atoms with E-state index >= 15 is 0 Å². The van der Waals surface area contributed by atoms with Crippen molar-refractivity contribution in [2.75, 3.05) is 0 Å². The van der Waals surface area contributed by atoms with Gasteiger partial charge in [0.15, 0.2) is 0 Å². The maximum absolute atomic E-state index is 9.95. The number of halogens is 1. The Labute approximate surface area is 106 Å². The molecule has 0 amide bonds. The lowest BCUT2D eigenvalue weighted by molar-refractivity contribution is 0.174. The topological polar surface area (TPSA) is 38.0 Å². The summed E-state index contributed by atoms with van der Waals surface area (Å²) in [6.07, 6.45) is 2.66. The number of hydrogen-bond acceptors (Lipinski definition) is 2. The molecule has 0 spiro atoms. The predicted molar refractivity (Wildman–Crippen MR) is 68.1 cm³/mol. The number of hydrogen-bond donors (Lipinski definition) is 1. The van der Waals surface area contributed by atoms with Gasteiger partial charge in [0.1, 0.15) is 0 Å². The Kier molecular flexibility index (Phi) is 3.82. The molecule has 1 N–H and O–H groups in total. The van der Waals surface area contributed by atoms with Crippen molar-refractivity contribution in [1.29, 1.82) is 0 Å². The van der Waals surface area contributed by atoms with E-state index in [-0.39, 0.29) is 0 Å². The van der Waals surface area contributed by atoms with Gasteiger partial charge < -0.3 is 5.11 Å². The summed E-state index contributed by atoms with van der Waals surface area (Å²) in [5.41, 5.74) is 1.99. The van der Waals surface area contributed by atoms with E-state index in [1.165, 1.54) is 0 Å². The molecule has 17 heavy (non-hydrogen) atoms. The smallest absolute Gasteiger partial charge is 0.0650 e. The molecule has 1 heterocycles. The van der Waals surface area contributed by atoms with Gasteiger partial charge in [-0.25, -0.2) is 0 Å². The standard InChI is InChI=1S/C13H15ClN2O/c1-16-7-6-12(15-16)9-13(17)8-10-2-4-11(14)5-3-10/h2-7,13,17H,8-9H2,1H3. The van der Waals surface area contributed by atoms with Crippen LogP contribution in [0.1, 0.15) is 11.3 Å². The molecule has 4 heteroatoms. The van der Waals surface area contributed by atoms with Crippen LogP contribution in [0.5, 0.6) is 0 Å². The first-order valence-corrected chi connectivity index (χ1v) is 5.92. The van der Waals surface area contributed by atoms with E-state index < -0.39 is 6.10 Å². The molecule has 0 aliphatic heterocycles. The predicted octanol–water partition coefficient (Wildman–Crippen LogP) is 2.22. The Hall–Kier alpha value is -1.32. The van der Waals surface area contributed by atoms with Gasteiger partial charge in [-0.15, -0.1) is 0 Å². The monoisotopic (exact) mass is 250 g/mol. The molecule has 1 aromatic heterocycles. The largest absolute Gasteiger partial charge is 0.392 e. The van der Waals surface area contributed by atoms with Crippen molar-refractivity contribution >= 4 is 11.6 Å². The summed E-state index contributed by atoms with van der Waals surface area (Å²) in [6.45, 7) is 0. The maximum atomic E-state index is 9.95. The van der Waals surface area contributed by atoms with Crippen molar-refractivity contribution in [3.63, 3.8) is 0 Å². The first-order chi connectivity index (χ1) is 8.13. The lowest BCUT2D eigenvalue weighted by Gasteiger charge is -2.08. The third-order valence-corrected chi connectivity index (χ3v) is 2.85.